The monoisotopic (exact) mass is 407 g/mol. The second-order valence-corrected chi connectivity index (χ2v) is 10.6. The van der Waals surface area contributed by atoms with Crippen LogP contribution in [-0.2, 0) is 0 Å². The van der Waals surface area contributed by atoms with E-state index in [1.54, 1.807) is 6.20 Å². The first-order valence-electron chi connectivity index (χ1n) is 11.8. The molecular formula is C26H37N3O. The highest BCUT2D eigenvalue weighted by molar-refractivity contribution is 5.98. The third-order valence-electron chi connectivity index (χ3n) is 7.34. The van der Waals surface area contributed by atoms with Crippen molar-refractivity contribution in [2.24, 2.45) is 11.3 Å². The summed E-state index contributed by atoms with van der Waals surface area (Å²) >= 11 is 0. The molecular weight excluding hydrogens is 370 g/mol. The molecule has 2 fully saturated rings. The third kappa shape index (κ3) is 5.21. The fraction of sp³-hybridized carbons (Fsp3) is 0.615. The normalized spacial score (nSPS) is 27.7. The van der Waals surface area contributed by atoms with Gasteiger partial charge in [0.15, 0.2) is 0 Å². The molecule has 4 rings (SSSR count). The van der Waals surface area contributed by atoms with Gasteiger partial charge < -0.3 is 10.6 Å². The van der Waals surface area contributed by atoms with Crippen molar-refractivity contribution in [1.29, 1.82) is 0 Å². The second kappa shape index (κ2) is 9.05. The number of fused-ring (bicyclic) bond motifs is 1. The zero-order valence-electron chi connectivity index (χ0n) is 18.8. The van der Waals surface area contributed by atoms with Gasteiger partial charge in [0.2, 0.25) is 0 Å². The van der Waals surface area contributed by atoms with Gasteiger partial charge in [0.1, 0.15) is 0 Å². The lowest BCUT2D eigenvalue weighted by molar-refractivity contribution is 0.0920. The van der Waals surface area contributed by atoms with E-state index >= 15 is 0 Å². The molecule has 0 saturated heterocycles. The molecule has 0 bridgehead atoms. The smallest absolute Gasteiger partial charge is 0.251 e. The zero-order chi connectivity index (χ0) is 21.1. The average Bonchev–Trinajstić information content (AvgIpc) is 2.73. The SMILES string of the molecule is CC(C)(C)C1CCC(NC2CCCC(NC(=O)c3ccc4cnccc4c3)C2)CC1. The fourth-order valence-corrected chi connectivity index (χ4v) is 5.43. The predicted molar refractivity (Wildman–Crippen MR) is 124 cm³/mol. The first-order chi connectivity index (χ1) is 14.4. The minimum atomic E-state index is 0.0463. The lowest BCUT2D eigenvalue weighted by Crippen LogP contribution is -2.48. The number of carbonyl (C=O) groups is 1. The Kier molecular flexibility index (Phi) is 6.43. The zero-order valence-corrected chi connectivity index (χ0v) is 18.8. The topological polar surface area (TPSA) is 54.0 Å². The summed E-state index contributed by atoms with van der Waals surface area (Å²) in [5.74, 6) is 0.900. The van der Waals surface area contributed by atoms with Crippen LogP contribution in [0.5, 0.6) is 0 Å². The minimum Gasteiger partial charge on any atom is -0.349 e. The number of rotatable bonds is 4. The Morgan fingerprint density at radius 2 is 1.70 bits per heavy atom. The van der Waals surface area contributed by atoms with Crippen molar-refractivity contribution < 1.29 is 4.79 Å². The number of nitrogens with zero attached hydrogens (tertiary/aromatic N) is 1. The number of aromatic nitrogens is 1. The minimum absolute atomic E-state index is 0.0463. The number of carbonyl (C=O) groups excluding carboxylic acids is 1. The fourth-order valence-electron chi connectivity index (χ4n) is 5.43. The molecule has 0 spiro atoms. The first-order valence-corrected chi connectivity index (χ1v) is 11.8. The number of benzene rings is 1. The van der Waals surface area contributed by atoms with Crippen LogP contribution in [0.3, 0.4) is 0 Å². The van der Waals surface area contributed by atoms with Gasteiger partial charge in [-0.3, -0.25) is 9.78 Å². The highest BCUT2D eigenvalue weighted by atomic mass is 16.1. The van der Waals surface area contributed by atoms with Crippen LogP contribution in [-0.4, -0.2) is 29.0 Å². The molecule has 30 heavy (non-hydrogen) atoms. The molecule has 2 aliphatic carbocycles. The first kappa shape index (κ1) is 21.3. The van der Waals surface area contributed by atoms with Crippen LogP contribution in [0.2, 0.25) is 0 Å². The van der Waals surface area contributed by atoms with E-state index in [-0.39, 0.29) is 11.9 Å². The third-order valence-corrected chi connectivity index (χ3v) is 7.34. The maximum absolute atomic E-state index is 12.8. The van der Waals surface area contributed by atoms with Crippen LogP contribution in [0.15, 0.2) is 36.7 Å². The predicted octanol–water partition coefficient (Wildman–Crippen LogP) is 5.47. The number of nitrogens with one attached hydrogen (secondary N) is 2. The van der Waals surface area contributed by atoms with Crippen LogP contribution in [0, 0.1) is 11.3 Å². The van der Waals surface area contributed by atoms with Gasteiger partial charge in [-0.15, -0.1) is 0 Å². The molecule has 4 nitrogen and oxygen atoms in total. The van der Waals surface area contributed by atoms with E-state index in [0.717, 1.165) is 35.1 Å². The quantitative estimate of drug-likeness (QED) is 0.706. The highest BCUT2D eigenvalue weighted by Gasteiger charge is 2.31. The maximum Gasteiger partial charge on any atom is 0.251 e. The number of pyridine rings is 1. The summed E-state index contributed by atoms with van der Waals surface area (Å²) in [7, 11) is 0. The Hall–Kier alpha value is -1.94. The summed E-state index contributed by atoms with van der Waals surface area (Å²) in [5.41, 5.74) is 1.18. The molecule has 1 aromatic carbocycles. The average molecular weight is 408 g/mol. The largest absolute Gasteiger partial charge is 0.349 e. The number of hydrogen-bond donors (Lipinski definition) is 2. The van der Waals surface area contributed by atoms with Crippen LogP contribution in [0.1, 0.15) is 82.5 Å². The highest BCUT2D eigenvalue weighted by Crippen LogP contribution is 2.38. The van der Waals surface area contributed by atoms with E-state index < -0.39 is 0 Å². The van der Waals surface area contributed by atoms with Crippen LogP contribution >= 0.6 is 0 Å². The van der Waals surface area contributed by atoms with Crippen molar-refractivity contribution >= 4 is 16.7 Å². The molecule has 2 atom stereocenters. The summed E-state index contributed by atoms with van der Waals surface area (Å²) in [4.78, 5) is 17.0. The van der Waals surface area contributed by atoms with Crippen LogP contribution in [0.4, 0.5) is 0 Å². The molecule has 4 heteroatoms. The lowest BCUT2D eigenvalue weighted by atomic mass is 9.71. The maximum atomic E-state index is 12.8. The van der Waals surface area contributed by atoms with Crippen molar-refractivity contribution in [3.05, 3.63) is 42.2 Å². The van der Waals surface area contributed by atoms with Crippen LogP contribution < -0.4 is 10.6 Å². The molecule has 1 heterocycles. The van der Waals surface area contributed by atoms with Crippen molar-refractivity contribution in [3.63, 3.8) is 0 Å². The van der Waals surface area contributed by atoms with Gasteiger partial charge in [-0.25, -0.2) is 0 Å². The molecule has 2 aromatic rings. The Morgan fingerprint density at radius 3 is 2.47 bits per heavy atom. The molecule has 0 radical (unpaired) electrons. The van der Waals surface area contributed by atoms with Crippen molar-refractivity contribution in [1.82, 2.24) is 15.6 Å². The van der Waals surface area contributed by atoms with Gasteiger partial charge in [-0.2, -0.15) is 0 Å². The summed E-state index contributed by atoms with van der Waals surface area (Å²) < 4.78 is 0. The van der Waals surface area contributed by atoms with E-state index in [2.05, 4.69) is 36.4 Å². The molecule has 2 saturated carbocycles. The van der Waals surface area contributed by atoms with Crippen molar-refractivity contribution in [2.75, 3.05) is 0 Å². The van der Waals surface area contributed by atoms with Gasteiger partial charge in [0.05, 0.1) is 0 Å². The standard InChI is InChI=1S/C26H37N3O/c1-26(2,3)21-9-11-22(12-10-21)28-23-5-4-6-24(16-23)29-25(30)19-7-8-20-17-27-14-13-18(20)15-19/h7-8,13-15,17,21-24,28H,4-6,9-12,16H2,1-3H3,(H,29,30). The van der Waals surface area contributed by atoms with E-state index in [1.807, 2.05) is 30.5 Å². The van der Waals surface area contributed by atoms with E-state index in [1.165, 1.54) is 38.5 Å². The van der Waals surface area contributed by atoms with Gasteiger partial charge >= 0.3 is 0 Å². The second-order valence-electron chi connectivity index (χ2n) is 10.6. The van der Waals surface area contributed by atoms with Gasteiger partial charge in [0.25, 0.3) is 5.91 Å². The summed E-state index contributed by atoms with van der Waals surface area (Å²) in [5, 5.41) is 9.37. The molecule has 0 aliphatic heterocycles. The molecule has 2 unspecified atom stereocenters. The van der Waals surface area contributed by atoms with E-state index in [9.17, 15) is 4.79 Å². The Bertz CT molecular complexity index is 864. The molecule has 1 aromatic heterocycles. The summed E-state index contributed by atoms with van der Waals surface area (Å²) in [6.45, 7) is 7.14. The molecule has 1 amide bonds. The number of hydrogen-bond acceptors (Lipinski definition) is 3. The van der Waals surface area contributed by atoms with Gasteiger partial charge in [0, 0.05) is 41.5 Å². The number of amides is 1. The summed E-state index contributed by atoms with van der Waals surface area (Å²) in [6.07, 6.45) is 13.4. The van der Waals surface area contributed by atoms with Gasteiger partial charge in [-0.1, -0.05) is 26.8 Å². The van der Waals surface area contributed by atoms with E-state index in [4.69, 9.17) is 0 Å². The summed E-state index contributed by atoms with van der Waals surface area (Å²) in [6, 6.07) is 9.27. The van der Waals surface area contributed by atoms with E-state index in [0.29, 0.717) is 17.5 Å². The molecule has 162 valence electrons. The molecule has 2 aliphatic rings. The Labute approximate surface area is 181 Å². The Balaban J connectivity index is 1.29. The van der Waals surface area contributed by atoms with Crippen LogP contribution in [0.25, 0.3) is 10.8 Å². The lowest BCUT2D eigenvalue weighted by Gasteiger charge is -2.39. The molecule has 2 N–H and O–H groups in total. The van der Waals surface area contributed by atoms with Crippen molar-refractivity contribution in [2.45, 2.75) is 90.3 Å². The Morgan fingerprint density at radius 1 is 0.933 bits per heavy atom. The van der Waals surface area contributed by atoms with Crippen molar-refractivity contribution in [3.8, 4) is 0 Å². The van der Waals surface area contributed by atoms with Gasteiger partial charge in [-0.05, 0) is 86.3 Å².